The molecule has 0 bridgehead atoms. The van der Waals surface area contributed by atoms with E-state index in [1.165, 1.54) is 5.56 Å². The van der Waals surface area contributed by atoms with Crippen LogP contribution in [-0.2, 0) is 11.2 Å². The number of carbonyl (C=O) groups is 2. The van der Waals surface area contributed by atoms with Crippen LogP contribution in [0.2, 0.25) is 0 Å². The van der Waals surface area contributed by atoms with Gasteiger partial charge in [0.05, 0.1) is 19.7 Å². The molecule has 6 nitrogen and oxygen atoms in total. The predicted octanol–water partition coefficient (Wildman–Crippen LogP) is 3.10. The Balaban J connectivity index is 1.45. The number of aromatic nitrogens is 1. The van der Waals surface area contributed by atoms with Gasteiger partial charge in [-0.2, -0.15) is 0 Å². The molecular formula is C22H23N3O3. The summed E-state index contributed by atoms with van der Waals surface area (Å²) in [5, 5.41) is 6.88. The smallest absolute Gasteiger partial charge is 0.251 e. The van der Waals surface area contributed by atoms with Gasteiger partial charge in [0.1, 0.15) is 5.75 Å². The lowest BCUT2D eigenvalue weighted by atomic mass is 9.91. The molecule has 1 aliphatic rings. The molecule has 6 heteroatoms. The lowest BCUT2D eigenvalue weighted by molar-refractivity contribution is -0.121. The van der Waals surface area contributed by atoms with Crippen LogP contribution in [-0.4, -0.2) is 30.5 Å². The fraction of sp³-hybridized carbons (Fsp3) is 0.273. The van der Waals surface area contributed by atoms with E-state index in [9.17, 15) is 9.59 Å². The number of nitrogens with one attached hydrogen (secondary N) is 3. The number of carbonyl (C=O) groups excluding carboxylic acids is 2. The van der Waals surface area contributed by atoms with Crippen LogP contribution < -0.4 is 15.4 Å². The standard InChI is InChI=1S/C22H23N3O3/c1-28-15-10-11-18-17(12-15)16-8-5-9-19(21(16)25-18)24-20(26)13-23-22(27)14-6-3-2-4-7-14/h2-4,6-7,10-12,19,25H,5,8-9,13H2,1H3,(H,23,27)(H,24,26)/t19-/m1/s1. The fourth-order valence-electron chi connectivity index (χ4n) is 3.81. The fourth-order valence-corrected chi connectivity index (χ4v) is 3.81. The van der Waals surface area contributed by atoms with Crippen molar-refractivity contribution in [1.29, 1.82) is 0 Å². The summed E-state index contributed by atoms with van der Waals surface area (Å²) in [6, 6.07) is 14.8. The number of aromatic amines is 1. The molecule has 28 heavy (non-hydrogen) atoms. The van der Waals surface area contributed by atoms with Crippen molar-refractivity contribution in [2.24, 2.45) is 0 Å². The molecular weight excluding hydrogens is 354 g/mol. The maximum Gasteiger partial charge on any atom is 0.251 e. The van der Waals surface area contributed by atoms with Crippen LogP contribution in [0.1, 0.15) is 40.5 Å². The molecule has 0 spiro atoms. The summed E-state index contributed by atoms with van der Waals surface area (Å²) in [6.45, 7) is -0.0480. The summed E-state index contributed by atoms with van der Waals surface area (Å²) < 4.78 is 5.34. The van der Waals surface area contributed by atoms with Gasteiger partial charge in [-0.15, -0.1) is 0 Å². The van der Waals surface area contributed by atoms with E-state index in [1.54, 1.807) is 31.4 Å². The van der Waals surface area contributed by atoms with E-state index in [0.717, 1.165) is 41.6 Å². The molecule has 0 fully saturated rings. The van der Waals surface area contributed by atoms with E-state index in [1.807, 2.05) is 24.3 Å². The van der Waals surface area contributed by atoms with Crippen LogP contribution in [0.4, 0.5) is 0 Å². The van der Waals surface area contributed by atoms with E-state index in [4.69, 9.17) is 4.74 Å². The van der Waals surface area contributed by atoms with Crippen LogP contribution in [0.3, 0.4) is 0 Å². The summed E-state index contributed by atoms with van der Waals surface area (Å²) >= 11 is 0. The highest BCUT2D eigenvalue weighted by Gasteiger charge is 2.25. The van der Waals surface area contributed by atoms with Crippen molar-refractivity contribution in [2.45, 2.75) is 25.3 Å². The van der Waals surface area contributed by atoms with Crippen molar-refractivity contribution in [1.82, 2.24) is 15.6 Å². The number of hydrogen-bond acceptors (Lipinski definition) is 3. The first-order chi connectivity index (χ1) is 13.7. The maximum atomic E-state index is 12.4. The van der Waals surface area contributed by atoms with Gasteiger partial charge in [-0.25, -0.2) is 0 Å². The Morgan fingerprint density at radius 1 is 1.18 bits per heavy atom. The van der Waals surface area contributed by atoms with Gasteiger partial charge in [0.25, 0.3) is 5.91 Å². The monoisotopic (exact) mass is 377 g/mol. The minimum Gasteiger partial charge on any atom is -0.497 e. The van der Waals surface area contributed by atoms with Crippen LogP contribution in [0.15, 0.2) is 48.5 Å². The second kappa shape index (κ2) is 7.76. The van der Waals surface area contributed by atoms with Crippen molar-refractivity contribution < 1.29 is 14.3 Å². The minimum absolute atomic E-state index is 0.0480. The Morgan fingerprint density at radius 2 is 2.00 bits per heavy atom. The van der Waals surface area contributed by atoms with Crippen molar-refractivity contribution in [3.63, 3.8) is 0 Å². The molecule has 1 heterocycles. The quantitative estimate of drug-likeness (QED) is 0.639. The summed E-state index contributed by atoms with van der Waals surface area (Å²) in [5.41, 5.74) is 3.88. The second-order valence-electron chi connectivity index (χ2n) is 6.99. The van der Waals surface area contributed by atoms with Gasteiger partial charge in [-0.3, -0.25) is 9.59 Å². The highest BCUT2D eigenvalue weighted by atomic mass is 16.5. The molecule has 1 atom stereocenters. The van der Waals surface area contributed by atoms with Crippen molar-refractivity contribution in [3.8, 4) is 5.75 Å². The van der Waals surface area contributed by atoms with Gasteiger partial charge in [0, 0.05) is 22.2 Å². The third kappa shape index (κ3) is 3.58. The Bertz CT molecular complexity index is 1010. The zero-order valence-electron chi connectivity index (χ0n) is 15.7. The Morgan fingerprint density at radius 3 is 2.79 bits per heavy atom. The molecule has 0 radical (unpaired) electrons. The Labute approximate surface area is 163 Å². The number of amides is 2. The molecule has 1 aromatic heterocycles. The number of H-pyrrole nitrogens is 1. The molecule has 1 aliphatic carbocycles. The van der Waals surface area contributed by atoms with E-state index in [0.29, 0.717) is 5.56 Å². The van der Waals surface area contributed by atoms with Gasteiger partial charge in [0.2, 0.25) is 5.91 Å². The van der Waals surface area contributed by atoms with Gasteiger partial charge < -0.3 is 20.4 Å². The molecule has 2 aromatic carbocycles. The lowest BCUT2D eigenvalue weighted by Crippen LogP contribution is -2.39. The van der Waals surface area contributed by atoms with Gasteiger partial charge in [-0.1, -0.05) is 18.2 Å². The minimum atomic E-state index is -0.252. The summed E-state index contributed by atoms with van der Waals surface area (Å²) in [5.74, 6) is 0.375. The van der Waals surface area contributed by atoms with Crippen molar-refractivity contribution in [3.05, 3.63) is 65.4 Å². The average Bonchev–Trinajstić information content (AvgIpc) is 3.11. The highest BCUT2D eigenvalue weighted by molar-refractivity contribution is 5.96. The molecule has 4 rings (SSSR count). The van der Waals surface area contributed by atoms with E-state index >= 15 is 0 Å². The number of rotatable bonds is 5. The van der Waals surface area contributed by atoms with Crippen molar-refractivity contribution in [2.75, 3.05) is 13.7 Å². The van der Waals surface area contributed by atoms with Crippen LogP contribution >= 0.6 is 0 Å². The largest absolute Gasteiger partial charge is 0.497 e. The van der Waals surface area contributed by atoms with Gasteiger partial charge in [-0.05, 0) is 55.2 Å². The summed E-state index contributed by atoms with van der Waals surface area (Å²) in [4.78, 5) is 28.0. The second-order valence-corrected chi connectivity index (χ2v) is 6.99. The summed E-state index contributed by atoms with van der Waals surface area (Å²) in [7, 11) is 1.66. The van der Waals surface area contributed by atoms with E-state index in [2.05, 4.69) is 15.6 Å². The number of aryl methyl sites for hydroxylation is 1. The van der Waals surface area contributed by atoms with Crippen LogP contribution in [0.25, 0.3) is 10.9 Å². The maximum absolute atomic E-state index is 12.4. The first kappa shape index (κ1) is 18.1. The highest BCUT2D eigenvalue weighted by Crippen LogP contribution is 2.36. The molecule has 3 aromatic rings. The average molecular weight is 377 g/mol. The number of fused-ring (bicyclic) bond motifs is 3. The lowest BCUT2D eigenvalue weighted by Gasteiger charge is -2.24. The van der Waals surface area contributed by atoms with Gasteiger partial charge in [0.15, 0.2) is 0 Å². The molecule has 2 amide bonds. The zero-order valence-corrected chi connectivity index (χ0v) is 15.7. The van der Waals surface area contributed by atoms with Gasteiger partial charge >= 0.3 is 0 Å². The number of benzene rings is 2. The molecule has 0 aliphatic heterocycles. The summed E-state index contributed by atoms with van der Waals surface area (Å²) in [6.07, 6.45) is 2.84. The number of methoxy groups -OCH3 is 1. The van der Waals surface area contributed by atoms with Crippen molar-refractivity contribution >= 4 is 22.7 Å². The zero-order chi connectivity index (χ0) is 19.5. The first-order valence-electron chi connectivity index (χ1n) is 9.47. The van der Waals surface area contributed by atoms with Crippen LogP contribution in [0.5, 0.6) is 5.75 Å². The molecule has 0 unspecified atom stereocenters. The predicted molar refractivity (Wildman–Crippen MR) is 107 cm³/mol. The molecule has 3 N–H and O–H groups in total. The normalized spacial score (nSPS) is 15.7. The molecule has 144 valence electrons. The SMILES string of the molecule is COc1ccc2[nH]c3c(c2c1)CCC[C@H]3NC(=O)CNC(=O)c1ccccc1. The van der Waals surface area contributed by atoms with Crippen LogP contribution in [0, 0.1) is 0 Å². The molecule has 0 saturated heterocycles. The number of ether oxygens (including phenoxy) is 1. The number of hydrogen-bond donors (Lipinski definition) is 3. The Hall–Kier alpha value is -3.28. The third-order valence-corrected chi connectivity index (χ3v) is 5.20. The Kier molecular flexibility index (Phi) is 5.02. The first-order valence-corrected chi connectivity index (χ1v) is 9.47. The topological polar surface area (TPSA) is 83.2 Å². The van der Waals surface area contributed by atoms with E-state index < -0.39 is 0 Å². The van der Waals surface area contributed by atoms with E-state index in [-0.39, 0.29) is 24.4 Å². The third-order valence-electron chi connectivity index (χ3n) is 5.20. The molecule has 0 saturated carbocycles.